The van der Waals surface area contributed by atoms with Gasteiger partial charge in [0.2, 0.25) is 11.9 Å². The molecule has 2 aromatic heterocycles. The molecule has 0 aliphatic heterocycles. The molecule has 2 saturated carbocycles. The summed E-state index contributed by atoms with van der Waals surface area (Å²) in [4.78, 5) is 14.2. The Hall–Kier alpha value is -2.15. The van der Waals surface area contributed by atoms with Gasteiger partial charge in [-0.15, -0.1) is 0 Å². The second kappa shape index (κ2) is 8.47. The monoisotopic (exact) mass is 384 g/mol. The van der Waals surface area contributed by atoms with Crippen LogP contribution in [0.2, 0.25) is 0 Å². The van der Waals surface area contributed by atoms with E-state index in [0.29, 0.717) is 12.0 Å². The maximum atomic E-state index is 9.93. The second-order valence-electron chi connectivity index (χ2n) is 8.25. The molecule has 0 radical (unpaired) electrons. The van der Waals surface area contributed by atoms with E-state index in [9.17, 15) is 5.11 Å². The molecule has 2 aliphatic carbocycles. The van der Waals surface area contributed by atoms with Crippen molar-refractivity contribution in [1.82, 2.24) is 19.5 Å². The predicted octanol–water partition coefficient (Wildman–Crippen LogP) is 4.38. The summed E-state index contributed by atoms with van der Waals surface area (Å²) in [5.74, 6) is 1.52. The van der Waals surface area contributed by atoms with Crippen LogP contribution in [0, 0.1) is 0 Å². The smallest absolute Gasteiger partial charge is 0.224 e. The van der Waals surface area contributed by atoms with Crippen LogP contribution in [0.1, 0.15) is 77.7 Å². The van der Waals surface area contributed by atoms with Crippen molar-refractivity contribution in [2.45, 2.75) is 89.8 Å². The van der Waals surface area contributed by atoms with Crippen LogP contribution in [0.3, 0.4) is 0 Å². The summed E-state index contributed by atoms with van der Waals surface area (Å²) in [5.41, 5.74) is 2.74. The van der Waals surface area contributed by atoms with Crippen molar-refractivity contribution in [3.63, 3.8) is 0 Å². The summed E-state index contributed by atoms with van der Waals surface area (Å²) in [5, 5.41) is 16.9. The lowest BCUT2D eigenvalue weighted by atomic mass is 9.93. The molecule has 3 N–H and O–H groups in total. The van der Waals surface area contributed by atoms with E-state index >= 15 is 0 Å². The predicted molar refractivity (Wildman–Crippen MR) is 112 cm³/mol. The molecular formula is C21H32N6O. The van der Waals surface area contributed by atoms with Gasteiger partial charge in [-0.2, -0.15) is 4.98 Å². The molecule has 0 spiro atoms. The van der Waals surface area contributed by atoms with Gasteiger partial charge in [-0.25, -0.2) is 9.97 Å². The maximum Gasteiger partial charge on any atom is 0.224 e. The molecular weight excluding hydrogens is 352 g/mol. The van der Waals surface area contributed by atoms with E-state index in [-0.39, 0.29) is 12.1 Å². The first-order chi connectivity index (χ1) is 13.6. The summed E-state index contributed by atoms with van der Waals surface area (Å²) in [6, 6.07) is 0.758. The normalized spacial score (nSPS) is 24.5. The van der Waals surface area contributed by atoms with Gasteiger partial charge in [0, 0.05) is 17.8 Å². The minimum atomic E-state index is -0.183. The number of nitrogens with zero attached hydrogens (tertiary/aromatic N) is 4. The first-order valence-electron chi connectivity index (χ1n) is 10.7. The molecule has 2 heterocycles. The minimum absolute atomic E-state index is 0.183. The third kappa shape index (κ3) is 4.14. The van der Waals surface area contributed by atoms with E-state index in [4.69, 9.17) is 9.97 Å². The highest BCUT2D eigenvalue weighted by Gasteiger charge is 2.26. The fourth-order valence-corrected chi connectivity index (χ4v) is 4.39. The zero-order valence-corrected chi connectivity index (χ0v) is 17.0. The lowest BCUT2D eigenvalue weighted by Crippen LogP contribution is -2.24. The van der Waals surface area contributed by atoms with Gasteiger partial charge in [0.1, 0.15) is 5.52 Å². The highest BCUT2D eigenvalue weighted by Crippen LogP contribution is 2.34. The van der Waals surface area contributed by atoms with Gasteiger partial charge < -0.3 is 15.7 Å². The number of hydrogen-bond acceptors (Lipinski definition) is 6. The van der Waals surface area contributed by atoms with E-state index in [1.807, 2.05) is 26.1 Å². The Bertz CT molecular complexity index is 831. The Morgan fingerprint density at radius 3 is 2.57 bits per heavy atom. The van der Waals surface area contributed by atoms with Crippen LogP contribution in [-0.4, -0.2) is 36.8 Å². The van der Waals surface area contributed by atoms with Crippen LogP contribution in [0.4, 0.5) is 11.9 Å². The molecule has 0 aromatic carbocycles. The Kier molecular flexibility index (Phi) is 5.80. The van der Waals surface area contributed by atoms with Crippen molar-refractivity contribution in [3.8, 4) is 0 Å². The number of rotatable bonds is 5. The zero-order chi connectivity index (χ0) is 19.5. The van der Waals surface area contributed by atoms with Crippen LogP contribution < -0.4 is 10.6 Å². The highest BCUT2D eigenvalue weighted by atomic mass is 16.3. The number of fused-ring (bicyclic) bond motifs is 1. The first kappa shape index (κ1) is 19.2. The third-order valence-electron chi connectivity index (χ3n) is 6.14. The summed E-state index contributed by atoms with van der Waals surface area (Å²) in [6.07, 6.45) is 13.5. The molecule has 0 saturated heterocycles. The van der Waals surface area contributed by atoms with Crippen molar-refractivity contribution in [2.75, 3.05) is 10.6 Å². The topological polar surface area (TPSA) is 87.9 Å². The molecule has 28 heavy (non-hydrogen) atoms. The number of aliphatic hydroxyl groups excluding tert-OH is 1. The van der Waals surface area contributed by atoms with Crippen molar-refractivity contribution >= 4 is 23.1 Å². The molecule has 4 rings (SSSR count). The Morgan fingerprint density at radius 2 is 1.86 bits per heavy atom. The second-order valence-corrected chi connectivity index (χ2v) is 8.25. The molecule has 0 atom stereocenters. The zero-order valence-electron chi connectivity index (χ0n) is 17.0. The summed E-state index contributed by atoms with van der Waals surface area (Å²) in [6.45, 7) is 4.05. The highest BCUT2D eigenvalue weighted by molar-refractivity contribution is 5.75. The van der Waals surface area contributed by atoms with Crippen LogP contribution in [0.15, 0.2) is 18.0 Å². The minimum Gasteiger partial charge on any atom is -0.393 e. The summed E-state index contributed by atoms with van der Waals surface area (Å²) in [7, 11) is 0. The fraction of sp³-hybridized carbons (Fsp3) is 0.667. The number of aliphatic hydroxyl groups is 1. The van der Waals surface area contributed by atoms with E-state index in [1.54, 1.807) is 0 Å². The van der Waals surface area contributed by atoms with Crippen molar-refractivity contribution < 1.29 is 5.11 Å². The number of imidazole rings is 1. The van der Waals surface area contributed by atoms with Crippen molar-refractivity contribution in [1.29, 1.82) is 0 Å². The van der Waals surface area contributed by atoms with Gasteiger partial charge in [0.15, 0.2) is 5.65 Å². The molecule has 2 aliphatic rings. The summed E-state index contributed by atoms with van der Waals surface area (Å²) >= 11 is 0. The van der Waals surface area contributed by atoms with E-state index in [1.165, 1.54) is 32.1 Å². The average molecular weight is 385 g/mol. The van der Waals surface area contributed by atoms with Crippen LogP contribution in [0.25, 0.3) is 11.2 Å². The average Bonchev–Trinajstić information content (AvgIpc) is 3.06. The molecule has 7 nitrogen and oxygen atoms in total. The SMILES string of the molecule is C/C=C(\C)Nc1nc2cnc(NC3CCCCC3)nc2n1C1CCC(O)CC1. The van der Waals surface area contributed by atoms with Crippen LogP contribution in [-0.2, 0) is 0 Å². The van der Waals surface area contributed by atoms with Gasteiger partial charge in [-0.05, 0) is 52.4 Å². The maximum absolute atomic E-state index is 9.93. The number of nitrogens with one attached hydrogen (secondary N) is 2. The number of aromatic nitrogens is 4. The summed E-state index contributed by atoms with van der Waals surface area (Å²) < 4.78 is 2.22. The van der Waals surface area contributed by atoms with E-state index in [0.717, 1.165) is 48.5 Å². The molecule has 0 amide bonds. The Morgan fingerprint density at radius 1 is 1.11 bits per heavy atom. The van der Waals surface area contributed by atoms with Crippen LogP contribution >= 0.6 is 0 Å². The Balaban J connectivity index is 1.68. The van der Waals surface area contributed by atoms with Gasteiger partial charge >= 0.3 is 0 Å². The molecule has 2 fully saturated rings. The van der Waals surface area contributed by atoms with Gasteiger partial charge in [0.25, 0.3) is 0 Å². The van der Waals surface area contributed by atoms with Crippen molar-refractivity contribution in [2.24, 2.45) is 0 Å². The Labute approximate surface area is 166 Å². The molecule has 0 bridgehead atoms. The molecule has 7 heteroatoms. The van der Waals surface area contributed by atoms with Gasteiger partial charge in [0.05, 0.1) is 12.3 Å². The van der Waals surface area contributed by atoms with Crippen LogP contribution in [0.5, 0.6) is 0 Å². The number of anilines is 2. The van der Waals surface area contributed by atoms with E-state index in [2.05, 4.69) is 20.2 Å². The fourth-order valence-electron chi connectivity index (χ4n) is 4.39. The third-order valence-corrected chi connectivity index (χ3v) is 6.14. The van der Waals surface area contributed by atoms with E-state index < -0.39 is 0 Å². The first-order valence-corrected chi connectivity index (χ1v) is 10.7. The largest absolute Gasteiger partial charge is 0.393 e. The lowest BCUT2D eigenvalue weighted by Gasteiger charge is -2.28. The quantitative estimate of drug-likeness (QED) is 0.709. The molecule has 0 unspecified atom stereocenters. The molecule has 2 aromatic rings. The van der Waals surface area contributed by atoms with Gasteiger partial charge in [-0.1, -0.05) is 25.3 Å². The standard InChI is InChI=1S/C21H32N6O/c1-3-14(2)23-21-25-18-13-22-20(24-15-7-5-4-6-8-15)26-19(18)27(21)16-9-11-17(28)12-10-16/h3,13,15-17,28H,4-12H2,1-2H3,(H,23,25)(H,22,24,26)/b14-3+. The van der Waals surface area contributed by atoms with Crippen molar-refractivity contribution in [3.05, 3.63) is 18.0 Å². The van der Waals surface area contributed by atoms with Gasteiger partial charge in [-0.3, -0.25) is 4.57 Å². The number of allylic oxidation sites excluding steroid dienone is 2. The lowest BCUT2D eigenvalue weighted by molar-refractivity contribution is 0.112. The number of hydrogen-bond donors (Lipinski definition) is 3. The molecule has 152 valence electrons.